The van der Waals surface area contributed by atoms with Gasteiger partial charge in [0.05, 0.1) is 0 Å². The summed E-state index contributed by atoms with van der Waals surface area (Å²) in [5.74, 6) is 0.911. The van der Waals surface area contributed by atoms with Crippen LogP contribution in [0.3, 0.4) is 0 Å². The van der Waals surface area contributed by atoms with Crippen LogP contribution in [0.15, 0.2) is 36.1 Å². The fourth-order valence-corrected chi connectivity index (χ4v) is 1.12. The number of hydrogen-bond acceptors (Lipinski definition) is 1. The molecule has 0 spiro atoms. The van der Waals surface area contributed by atoms with Gasteiger partial charge in [-0.1, -0.05) is 52.8 Å². The molecule has 18 heavy (non-hydrogen) atoms. The van der Waals surface area contributed by atoms with Crippen molar-refractivity contribution in [3.05, 3.63) is 36.1 Å². The van der Waals surface area contributed by atoms with Gasteiger partial charge in [0.15, 0.2) is 0 Å². The molecule has 1 N–H and O–H groups in total. The molecule has 0 aromatic carbocycles. The normalized spacial score (nSPS) is 14.2. The minimum Gasteiger partial charge on any atom is -0.385 e. The third kappa shape index (κ3) is 13.1. The second-order valence-corrected chi connectivity index (χ2v) is 4.42. The highest BCUT2D eigenvalue weighted by Gasteiger charge is 2.20. The average molecular weight is 251 g/mol. The summed E-state index contributed by atoms with van der Waals surface area (Å²) in [5.41, 5.74) is 2.28. The van der Waals surface area contributed by atoms with E-state index in [-0.39, 0.29) is 0 Å². The standard InChI is InChI=1S/C12H19N.C3H8.C2H6/c1-4-5-6-12(10(2)3)13-9-11-7-8-11;1-3-2;1-2/h4-6,11,13H,2,7-9H2,1,3H3;3H2,1-2H3;1-2H3/b5-4-,12-6+;;. The van der Waals surface area contributed by atoms with Gasteiger partial charge in [-0.2, -0.15) is 0 Å². The van der Waals surface area contributed by atoms with Crippen LogP contribution in [-0.2, 0) is 0 Å². The highest BCUT2D eigenvalue weighted by atomic mass is 14.9. The quantitative estimate of drug-likeness (QED) is 0.639. The molecular formula is C17H33N. The molecule has 1 saturated carbocycles. The molecule has 0 aromatic heterocycles. The average Bonchev–Trinajstić information content (AvgIpc) is 3.16. The molecule has 1 fully saturated rings. The topological polar surface area (TPSA) is 12.0 Å². The van der Waals surface area contributed by atoms with E-state index in [1.807, 2.05) is 39.8 Å². The lowest BCUT2D eigenvalue weighted by Crippen LogP contribution is -2.16. The van der Waals surface area contributed by atoms with Crippen LogP contribution < -0.4 is 5.32 Å². The van der Waals surface area contributed by atoms with E-state index in [4.69, 9.17) is 0 Å². The summed E-state index contributed by atoms with van der Waals surface area (Å²) in [6.45, 7) is 17.4. The Balaban J connectivity index is 0. The van der Waals surface area contributed by atoms with Gasteiger partial charge in [0, 0.05) is 12.2 Å². The molecule has 0 amide bonds. The molecule has 1 aliphatic carbocycles. The van der Waals surface area contributed by atoms with Crippen LogP contribution in [0.4, 0.5) is 0 Å². The lowest BCUT2D eigenvalue weighted by atomic mass is 10.2. The van der Waals surface area contributed by atoms with Gasteiger partial charge in [-0.3, -0.25) is 0 Å². The lowest BCUT2D eigenvalue weighted by molar-refractivity contribution is 0.722. The van der Waals surface area contributed by atoms with E-state index in [9.17, 15) is 0 Å². The Labute approximate surface area is 115 Å². The van der Waals surface area contributed by atoms with Crippen LogP contribution in [-0.4, -0.2) is 6.54 Å². The Hall–Kier alpha value is -0.980. The SMILES string of the molecule is C=C(C)/C(=C\C=C/C)NCC1CC1.CC.CCC. The smallest absolute Gasteiger partial charge is 0.0363 e. The van der Waals surface area contributed by atoms with Crippen LogP contribution in [0.25, 0.3) is 0 Å². The number of allylic oxidation sites excluding steroid dienone is 4. The Kier molecular flexibility index (Phi) is 15.1. The maximum Gasteiger partial charge on any atom is 0.0363 e. The molecule has 1 aliphatic rings. The number of rotatable bonds is 5. The van der Waals surface area contributed by atoms with E-state index in [1.54, 1.807) is 0 Å². The first-order chi connectivity index (χ1) is 8.65. The zero-order valence-corrected chi connectivity index (χ0v) is 13.3. The van der Waals surface area contributed by atoms with Crippen molar-refractivity contribution in [1.82, 2.24) is 5.32 Å². The van der Waals surface area contributed by atoms with Crippen LogP contribution in [0.1, 0.15) is 60.8 Å². The lowest BCUT2D eigenvalue weighted by Gasteiger charge is -2.09. The molecule has 0 atom stereocenters. The second-order valence-electron chi connectivity index (χ2n) is 4.42. The van der Waals surface area contributed by atoms with Gasteiger partial charge in [-0.25, -0.2) is 0 Å². The van der Waals surface area contributed by atoms with Crippen molar-refractivity contribution in [1.29, 1.82) is 0 Å². The summed E-state index contributed by atoms with van der Waals surface area (Å²) in [7, 11) is 0. The molecule has 0 bridgehead atoms. The Morgan fingerprint density at radius 2 is 1.78 bits per heavy atom. The summed E-state index contributed by atoms with van der Waals surface area (Å²) in [6.07, 6.45) is 10.2. The Bertz CT molecular complexity index is 244. The predicted molar refractivity (Wildman–Crippen MR) is 85.8 cm³/mol. The molecular weight excluding hydrogens is 218 g/mol. The monoisotopic (exact) mass is 251 g/mol. The van der Waals surface area contributed by atoms with Gasteiger partial charge in [0.1, 0.15) is 0 Å². The largest absolute Gasteiger partial charge is 0.385 e. The molecule has 0 aliphatic heterocycles. The van der Waals surface area contributed by atoms with Crippen molar-refractivity contribution in [2.24, 2.45) is 5.92 Å². The first-order valence-corrected chi connectivity index (χ1v) is 7.38. The van der Waals surface area contributed by atoms with Crippen LogP contribution in [0, 0.1) is 5.92 Å². The van der Waals surface area contributed by atoms with E-state index < -0.39 is 0 Å². The first kappa shape index (κ1) is 19.4. The molecule has 0 unspecified atom stereocenters. The molecule has 1 heteroatoms. The van der Waals surface area contributed by atoms with Crippen LogP contribution in [0.2, 0.25) is 0 Å². The summed E-state index contributed by atoms with van der Waals surface area (Å²) < 4.78 is 0. The van der Waals surface area contributed by atoms with E-state index in [1.165, 1.54) is 25.0 Å². The van der Waals surface area contributed by atoms with E-state index >= 15 is 0 Å². The third-order valence-electron chi connectivity index (χ3n) is 2.19. The summed E-state index contributed by atoms with van der Waals surface area (Å²) >= 11 is 0. The number of hydrogen-bond donors (Lipinski definition) is 1. The molecule has 1 rings (SSSR count). The zero-order valence-electron chi connectivity index (χ0n) is 13.3. The van der Waals surface area contributed by atoms with Crippen molar-refractivity contribution in [2.45, 2.75) is 60.8 Å². The summed E-state index contributed by atoms with van der Waals surface area (Å²) in [6, 6.07) is 0. The maximum absolute atomic E-state index is 3.94. The van der Waals surface area contributed by atoms with Crippen molar-refractivity contribution in [2.75, 3.05) is 6.54 Å². The van der Waals surface area contributed by atoms with Gasteiger partial charge in [-0.05, 0) is 44.3 Å². The predicted octanol–water partition coefficient (Wildman–Crippen LogP) is 5.46. The first-order valence-electron chi connectivity index (χ1n) is 7.38. The molecule has 0 heterocycles. The third-order valence-corrected chi connectivity index (χ3v) is 2.19. The fraction of sp³-hybridized carbons (Fsp3) is 0.647. The van der Waals surface area contributed by atoms with E-state index in [0.717, 1.165) is 18.0 Å². The minimum atomic E-state index is 0.911. The second kappa shape index (κ2) is 14.1. The Morgan fingerprint density at radius 1 is 1.28 bits per heavy atom. The van der Waals surface area contributed by atoms with Crippen molar-refractivity contribution in [3.63, 3.8) is 0 Å². The molecule has 1 nitrogen and oxygen atoms in total. The van der Waals surface area contributed by atoms with Gasteiger partial charge in [-0.15, -0.1) is 0 Å². The molecule has 0 radical (unpaired) electrons. The minimum absolute atomic E-state index is 0.911. The van der Waals surface area contributed by atoms with Crippen LogP contribution in [0.5, 0.6) is 0 Å². The zero-order chi connectivity index (χ0) is 14.4. The van der Waals surface area contributed by atoms with E-state index in [0.29, 0.717) is 0 Å². The van der Waals surface area contributed by atoms with Crippen molar-refractivity contribution < 1.29 is 0 Å². The molecule has 106 valence electrons. The highest BCUT2D eigenvalue weighted by molar-refractivity contribution is 5.28. The summed E-state index contributed by atoms with van der Waals surface area (Å²) in [5, 5.41) is 3.43. The van der Waals surface area contributed by atoms with Gasteiger partial charge in [0.2, 0.25) is 0 Å². The van der Waals surface area contributed by atoms with Crippen molar-refractivity contribution in [3.8, 4) is 0 Å². The van der Waals surface area contributed by atoms with E-state index in [2.05, 4.69) is 31.8 Å². The maximum atomic E-state index is 3.94. The Morgan fingerprint density at radius 3 is 2.11 bits per heavy atom. The van der Waals surface area contributed by atoms with Gasteiger partial charge >= 0.3 is 0 Å². The van der Waals surface area contributed by atoms with Gasteiger partial charge < -0.3 is 5.32 Å². The molecule has 0 aromatic rings. The van der Waals surface area contributed by atoms with Crippen molar-refractivity contribution >= 4 is 0 Å². The molecule has 0 saturated heterocycles. The fourth-order valence-electron chi connectivity index (χ4n) is 1.12. The number of nitrogens with one attached hydrogen (secondary N) is 1. The van der Waals surface area contributed by atoms with Crippen LogP contribution >= 0.6 is 0 Å². The van der Waals surface area contributed by atoms with Gasteiger partial charge in [0.25, 0.3) is 0 Å². The summed E-state index contributed by atoms with van der Waals surface area (Å²) in [4.78, 5) is 0. The highest BCUT2D eigenvalue weighted by Crippen LogP contribution is 2.28.